The largest absolute Gasteiger partial charge is 0.353 e. The van der Waals surface area contributed by atoms with Gasteiger partial charge in [-0.15, -0.1) is 0 Å². The van der Waals surface area contributed by atoms with Gasteiger partial charge in [0.2, 0.25) is 5.91 Å². The molecule has 3 aliphatic rings. The van der Waals surface area contributed by atoms with Crippen LogP contribution in [0.4, 0.5) is 5.69 Å². The Balaban J connectivity index is 1.66. The van der Waals surface area contributed by atoms with E-state index in [0.717, 1.165) is 56.2 Å². The van der Waals surface area contributed by atoms with E-state index in [1.807, 2.05) is 59.5 Å². The minimum absolute atomic E-state index is 0.0311. The zero-order valence-electron chi connectivity index (χ0n) is 17.5. The first-order valence-corrected chi connectivity index (χ1v) is 11.5. The smallest absolute Gasteiger partial charge is 0.259 e. The minimum atomic E-state index is -0.492. The average molecular weight is 403 g/mol. The third-order valence-corrected chi connectivity index (χ3v) is 7.39. The molecule has 5 rings (SSSR count). The highest BCUT2D eigenvalue weighted by Gasteiger charge is 2.55. The molecule has 2 saturated carbocycles. The molecule has 2 fully saturated rings. The minimum Gasteiger partial charge on any atom is -0.353 e. The number of nitrogens with zero attached hydrogens (tertiary/aromatic N) is 1. The summed E-state index contributed by atoms with van der Waals surface area (Å²) < 4.78 is 0. The van der Waals surface area contributed by atoms with Crippen molar-refractivity contribution >= 4 is 17.5 Å². The number of rotatable bonds is 3. The monoisotopic (exact) mass is 402 g/mol. The fraction of sp³-hybridized carbons (Fsp3) is 0.462. The van der Waals surface area contributed by atoms with Gasteiger partial charge >= 0.3 is 0 Å². The van der Waals surface area contributed by atoms with Gasteiger partial charge in [0.05, 0.1) is 11.5 Å². The number of nitrogens with one attached hydrogen (secondary N) is 1. The zero-order valence-corrected chi connectivity index (χ0v) is 17.5. The molecule has 1 spiro atoms. The number of para-hydroxylation sites is 1. The van der Waals surface area contributed by atoms with Gasteiger partial charge in [0.25, 0.3) is 5.91 Å². The molecule has 0 bridgehead atoms. The molecule has 1 atom stereocenters. The van der Waals surface area contributed by atoms with E-state index in [9.17, 15) is 9.59 Å². The van der Waals surface area contributed by atoms with E-state index >= 15 is 0 Å². The molecule has 2 amide bonds. The summed E-state index contributed by atoms with van der Waals surface area (Å²) in [5.74, 6) is -0.194. The summed E-state index contributed by atoms with van der Waals surface area (Å²) in [5.41, 5.74) is 1.99. The van der Waals surface area contributed by atoms with E-state index in [0.29, 0.717) is 5.56 Å². The Morgan fingerprint density at radius 3 is 2.27 bits per heavy atom. The lowest BCUT2D eigenvalue weighted by atomic mass is 9.65. The highest BCUT2D eigenvalue weighted by Crippen LogP contribution is 2.50. The van der Waals surface area contributed by atoms with Crippen LogP contribution in [-0.2, 0) is 4.79 Å². The lowest BCUT2D eigenvalue weighted by molar-refractivity contribution is -0.125. The van der Waals surface area contributed by atoms with Crippen LogP contribution in [0, 0.1) is 0 Å². The second-order valence-electron chi connectivity index (χ2n) is 9.15. The molecule has 4 heteroatoms. The van der Waals surface area contributed by atoms with Crippen molar-refractivity contribution < 1.29 is 9.59 Å². The summed E-state index contributed by atoms with van der Waals surface area (Å²) in [6.07, 6.45) is 9.49. The van der Waals surface area contributed by atoms with Crippen LogP contribution in [-0.4, -0.2) is 23.4 Å². The molecule has 4 nitrogen and oxygen atoms in total. The Hall–Kier alpha value is -2.62. The molecule has 1 aliphatic heterocycles. The van der Waals surface area contributed by atoms with Gasteiger partial charge in [-0.25, -0.2) is 0 Å². The Labute approximate surface area is 178 Å². The maximum atomic E-state index is 13.8. The van der Waals surface area contributed by atoms with E-state index in [-0.39, 0.29) is 23.8 Å². The number of carbonyl (C=O) groups is 2. The Morgan fingerprint density at radius 1 is 0.867 bits per heavy atom. The summed E-state index contributed by atoms with van der Waals surface area (Å²) in [7, 11) is 0. The van der Waals surface area contributed by atoms with Gasteiger partial charge in [-0.2, -0.15) is 0 Å². The van der Waals surface area contributed by atoms with Crippen molar-refractivity contribution in [3.05, 3.63) is 65.7 Å². The first-order chi connectivity index (χ1) is 14.7. The summed E-state index contributed by atoms with van der Waals surface area (Å²) >= 11 is 0. The summed E-state index contributed by atoms with van der Waals surface area (Å²) in [4.78, 5) is 29.6. The first-order valence-electron chi connectivity index (χ1n) is 11.5. The number of hydrogen-bond donors (Lipinski definition) is 1. The molecule has 1 N–H and O–H groups in total. The number of amides is 2. The zero-order chi connectivity index (χ0) is 20.6. The van der Waals surface area contributed by atoms with Gasteiger partial charge in [0.1, 0.15) is 0 Å². The highest BCUT2D eigenvalue weighted by molar-refractivity contribution is 6.12. The molecule has 1 heterocycles. The van der Waals surface area contributed by atoms with E-state index < -0.39 is 5.54 Å². The molecule has 2 aromatic carbocycles. The van der Waals surface area contributed by atoms with Crippen LogP contribution in [0.3, 0.4) is 0 Å². The predicted molar refractivity (Wildman–Crippen MR) is 119 cm³/mol. The van der Waals surface area contributed by atoms with Gasteiger partial charge in [-0.05, 0) is 49.4 Å². The summed E-state index contributed by atoms with van der Waals surface area (Å²) in [5, 5.41) is 3.37. The lowest BCUT2D eigenvalue weighted by Crippen LogP contribution is -2.63. The van der Waals surface area contributed by atoms with Crippen molar-refractivity contribution in [2.24, 2.45) is 0 Å². The van der Waals surface area contributed by atoms with Crippen molar-refractivity contribution in [2.45, 2.75) is 75.3 Å². The Kier molecular flexibility index (Phi) is 5.10. The second-order valence-corrected chi connectivity index (χ2v) is 9.15. The fourth-order valence-corrected chi connectivity index (χ4v) is 6.05. The van der Waals surface area contributed by atoms with E-state index in [1.165, 1.54) is 12.8 Å². The predicted octanol–water partition coefficient (Wildman–Crippen LogP) is 5.19. The topological polar surface area (TPSA) is 49.4 Å². The summed E-state index contributed by atoms with van der Waals surface area (Å²) in [6.45, 7) is 0. The maximum absolute atomic E-state index is 13.8. The van der Waals surface area contributed by atoms with Crippen LogP contribution in [0.15, 0.2) is 54.6 Å². The average Bonchev–Trinajstić information content (AvgIpc) is 3.28. The van der Waals surface area contributed by atoms with Crippen molar-refractivity contribution in [2.75, 3.05) is 4.90 Å². The third-order valence-electron chi connectivity index (χ3n) is 7.39. The van der Waals surface area contributed by atoms with Gasteiger partial charge in [-0.3, -0.25) is 9.59 Å². The Bertz CT molecular complexity index is 927. The van der Waals surface area contributed by atoms with Gasteiger partial charge in [-0.1, -0.05) is 68.5 Å². The van der Waals surface area contributed by atoms with Crippen LogP contribution in [0.5, 0.6) is 0 Å². The lowest BCUT2D eigenvalue weighted by Gasteiger charge is -2.53. The quantitative estimate of drug-likeness (QED) is 0.768. The number of anilines is 1. The highest BCUT2D eigenvalue weighted by atomic mass is 16.2. The van der Waals surface area contributed by atoms with E-state index in [1.54, 1.807) is 0 Å². The van der Waals surface area contributed by atoms with Gasteiger partial charge < -0.3 is 10.2 Å². The standard InChI is InChI=1S/C26H30N2O2/c29-24(27-19-11-5-6-12-19)23-21-15-7-8-16-22(21)25(30)28(20-13-3-1-4-14-20)26(23)17-9-2-10-18-26/h1,3-4,7-8,13-16,19,23H,2,5-6,9-12,17-18H2,(H,27,29)/t23-/m0/s1. The number of fused-ring (bicyclic) bond motifs is 1. The van der Waals surface area contributed by atoms with Crippen molar-refractivity contribution in [3.8, 4) is 0 Å². The van der Waals surface area contributed by atoms with E-state index in [4.69, 9.17) is 0 Å². The summed E-state index contributed by atoms with van der Waals surface area (Å²) in [6, 6.07) is 18.0. The van der Waals surface area contributed by atoms with Crippen LogP contribution < -0.4 is 10.2 Å². The molecule has 30 heavy (non-hydrogen) atoms. The SMILES string of the molecule is O=C(NC1CCCC1)[C@@H]1c2ccccc2C(=O)N(c2ccccc2)C12CCCCC2. The van der Waals surface area contributed by atoms with Crippen molar-refractivity contribution in [1.29, 1.82) is 0 Å². The first kappa shape index (κ1) is 19.3. The van der Waals surface area contributed by atoms with E-state index in [2.05, 4.69) is 5.32 Å². The van der Waals surface area contributed by atoms with Crippen LogP contribution in [0.25, 0.3) is 0 Å². The molecule has 0 unspecified atom stereocenters. The molecular weight excluding hydrogens is 372 g/mol. The molecule has 0 aromatic heterocycles. The fourth-order valence-electron chi connectivity index (χ4n) is 6.05. The Morgan fingerprint density at radius 2 is 1.53 bits per heavy atom. The number of benzene rings is 2. The van der Waals surface area contributed by atoms with Gasteiger partial charge in [0, 0.05) is 17.3 Å². The van der Waals surface area contributed by atoms with Crippen LogP contribution in [0.2, 0.25) is 0 Å². The van der Waals surface area contributed by atoms with Crippen LogP contribution in [0.1, 0.15) is 79.6 Å². The number of hydrogen-bond acceptors (Lipinski definition) is 2. The maximum Gasteiger partial charge on any atom is 0.259 e. The second kappa shape index (κ2) is 7.90. The molecular formula is C26H30N2O2. The molecule has 0 saturated heterocycles. The van der Waals surface area contributed by atoms with Crippen molar-refractivity contribution in [1.82, 2.24) is 5.32 Å². The molecule has 156 valence electrons. The van der Waals surface area contributed by atoms with Gasteiger partial charge in [0.15, 0.2) is 0 Å². The van der Waals surface area contributed by atoms with Crippen LogP contribution >= 0.6 is 0 Å². The number of carbonyl (C=O) groups excluding carboxylic acids is 2. The molecule has 2 aromatic rings. The molecule has 2 aliphatic carbocycles. The normalized spacial score (nSPS) is 23.4. The molecule has 0 radical (unpaired) electrons. The third kappa shape index (κ3) is 3.13. The van der Waals surface area contributed by atoms with Crippen molar-refractivity contribution in [3.63, 3.8) is 0 Å².